The van der Waals surface area contributed by atoms with E-state index in [9.17, 15) is 0 Å². The van der Waals surface area contributed by atoms with Crippen molar-refractivity contribution in [3.63, 3.8) is 0 Å². The minimum atomic E-state index is 0.839. The van der Waals surface area contributed by atoms with Crippen LogP contribution in [0, 0.1) is 29.1 Å². The molecule has 0 aromatic carbocycles. The topological polar surface area (TPSA) is 0 Å². The molecule has 0 N–H and O–H groups in total. The van der Waals surface area contributed by atoms with Crippen molar-refractivity contribution in [1.29, 1.82) is 0 Å². The summed E-state index contributed by atoms with van der Waals surface area (Å²) in [5, 5.41) is 0. The second kappa shape index (κ2) is 2.10. The van der Waals surface area contributed by atoms with Crippen LogP contribution in [0.1, 0.15) is 33.1 Å². The molecule has 0 amide bonds. The summed E-state index contributed by atoms with van der Waals surface area (Å²) >= 11 is 3.81. The molecular formula is C11H17Br. The van der Waals surface area contributed by atoms with Gasteiger partial charge in [0, 0.05) is 4.83 Å². The van der Waals surface area contributed by atoms with Crippen LogP contribution in [0.5, 0.6) is 0 Å². The largest absolute Gasteiger partial charge is 0.0887 e. The van der Waals surface area contributed by atoms with Crippen LogP contribution in [0.25, 0.3) is 0 Å². The van der Waals surface area contributed by atoms with Crippen LogP contribution >= 0.6 is 15.9 Å². The molecule has 0 radical (unpaired) electrons. The van der Waals surface area contributed by atoms with Gasteiger partial charge in [0.2, 0.25) is 0 Å². The Morgan fingerprint density at radius 2 is 2.00 bits per heavy atom. The summed E-state index contributed by atoms with van der Waals surface area (Å²) in [4.78, 5) is 0.873. The first-order valence-electron chi connectivity index (χ1n) is 5.32. The van der Waals surface area contributed by atoms with E-state index >= 15 is 0 Å². The van der Waals surface area contributed by atoms with E-state index in [1.165, 1.54) is 19.3 Å². The highest BCUT2D eigenvalue weighted by Crippen LogP contribution is 2.80. The molecule has 6 atom stereocenters. The second-order valence-electron chi connectivity index (χ2n) is 5.31. The number of alkyl halides is 1. The van der Waals surface area contributed by atoms with E-state index in [4.69, 9.17) is 0 Å². The summed E-state index contributed by atoms with van der Waals surface area (Å²) in [6.45, 7) is 4.92. The standard InChI is InChI=1S/C11H17Br/c1-6-5-11(7(2)10(6)11)8-3-4-9(8)12/h6-10H,3-5H2,1-2H3. The average Bonchev–Trinajstić information content (AvgIpc) is 2.45. The highest BCUT2D eigenvalue weighted by Gasteiger charge is 2.75. The second-order valence-corrected chi connectivity index (χ2v) is 6.48. The molecular weight excluding hydrogens is 212 g/mol. The number of fused-ring (bicyclic) bond motifs is 1. The van der Waals surface area contributed by atoms with E-state index in [0.717, 1.165) is 33.9 Å². The quantitative estimate of drug-likeness (QED) is 0.604. The van der Waals surface area contributed by atoms with Gasteiger partial charge in [-0.05, 0) is 48.3 Å². The lowest BCUT2D eigenvalue weighted by atomic mass is 9.62. The average molecular weight is 229 g/mol. The molecule has 68 valence electrons. The third-order valence-corrected chi connectivity index (χ3v) is 6.16. The third kappa shape index (κ3) is 0.636. The van der Waals surface area contributed by atoms with Crippen LogP contribution in [-0.2, 0) is 0 Å². The van der Waals surface area contributed by atoms with Gasteiger partial charge >= 0.3 is 0 Å². The Morgan fingerprint density at radius 3 is 2.25 bits per heavy atom. The van der Waals surface area contributed by atoms with Crippen LogP contribution in [0.2, 0.25) is 0 Å². The molecule has 6 unspecified atom stereocenters. The van der Waals surface area contributed by atoms with Crippen LogP contribution < -0.4 is 0 Å². The molecule has 0 aromatic rings. The van der Waals surface area contributed by atoms with E-state index in [1.54, 1.807) is 0 Å². The Bertz CT molecular complexity index is 225. The van der Waals surface area contributed by atoms with Crippen molar-refractivity contribution < 1.29 is 0 Å². The number of hydrogen-bond acceptors (Lipinski definition) is 0. The van der Waals surface area contributed by atoms with Gasteiger partial charge in [-0.3, -0.25) is 0 Å². The van der Waals surface area contributed by atoms with Crippen molar-refractivity contribution in [1.82, 2.24) is 0 Å². The first-order chi connectivity index (χ1) is 5.68. The lowest BCUT2D eigenvalue weighted by Gasteiger charge is -2.46. The maximum absolute atomic E-state index is 3.81. The van der Waals surface area contributed by atoms with Gasteiger partial charge in [0.15, 0.2) is 0 Å². The maximum Gasteiger partial charge on any atom is 0.0179 e. The minimum absolute atomic E-state index is 0.839. The van der Waals surface area contributed by atoms with Crippen LogP contribution in [0.15, 0.2) is 0 Å². The number of hydrogen-bond donors (Lipinski definition) is 0. The van der Waals surface area contributed by atoms with Gasteiger partial charge < -0.3 is 0 Å². The highest BCUT2D eigenvalue weighted by molar-refractivity contribution is 9.09. The van der Waals surface area contributed by atoms with Gasteiger partial charge in [0.25, 0.3) is 0 Å². The Hall–Kier alpha value is 0.480. The SMILES string of the molecule is CC1CC2(C3CCC3Br)C(C)C12. The predicted molar refractivity (Wildman–Crippen MR) is 54.3 cm³/mol. The molecule has 0 aliphatic heterocycles. The molecule has 0 heterocycles. The molecule has 3 fully saturated rings. The van der Waals surface area contributed by atoms with E-state index in [1.807, 2.05) is 0 Å². The van der Waals surface area contributed by atoms with E-state index in [-0.39, 0.29) is 0 Å². The molecule has 0 aromatic heterocycles. The molecule has 0 spiro atoms. The van der Waals surface area contributed by atoms with Gasteiger partial charge in [0.1, 0.15) is 0 Å². The Kier molecular flexibility index (Phi) is 1.38. The van der Waals surface area contributed by atoms with E-state index < -0.39 is 0 Å². The molecule has 3 rings (SSSR count). The lowest BCUT2D eigenvalue weighted by molar-refractivity contribution is 0.0706. The molecule has 3 aliphatic rings. The fourth-order valence-electron chi connectivity index (χ4n) is 4.36. The monoisotopic (exact) mass is 228 g/mol. The minimum Gasteiger partial charge on any atom is -0.0887 e. The fourth-order valence-corrected chi connectivity index (χ4v) is 5.38. The zero-order valence-corrected chi connectivity index (χ0v) is 9.47. The van der Waals surface area contributed by atoms with Crippen LogP contribution in [0.3, 0.4) is 0 Å². The number of halogens is 1. The van der Waals surface area contributed by atoms with E-state index in [0.29, 0.717) is 0 Å². The molecule has 0 nitrogen and oxygen atoms in total. The molecule has 12 heavy (non-hydrogen) atoms. The smallest absolute Gasteiger partial charge is 0.0179 e. The summed E-state index contributed by atoms with van der Waals surface area (Å²) in [6, 6.07) is 0. The van der Waals surface area contributed by atoms with Gasteiger partial charge in [-0.15, -0.1) is 0 Å². The lowest BCUT2D eigenvalue weighted by Crippen LogP contribution is -2.41. The van der Waals surface area contributed by atoms with Gasteiger partial charge in [-0.1, -0.05) is 29.8 Å². The Balaban J connectivity index is 1.79. The van der Waals surface area contributed by atoms with Crippen molar-refractivity contribution in [2.75, 3.05) is 0 Å². The van der Waals surface area contributed by atoms with Crippen LogP contribution in [0.4, 0.5) is 0 Å². The molecule has 3 aliphatic carbocycles. The van der Waals surface area contributed by atoms with Crippen LogP contribution in [-0.4, -0.2) is 4.83 Å². The summed E-state index contributed by atoms with van der Waals surface area (Å²) < 4.78 is 0. The molecule has 0 bridgehead atoms. The fraction of sp³-hybridized carbons (Fsp3) is 1.00. The van der Waals surface area contributed by atoms with E-state index in [2.05, 4.69) is 29.8 Å². The highest BCUT2D eigenvalue weighted by atomic mass is 79.9. The van der Waals surface area contributed by atoms with Gasteiger partial charge in [-0.25, -0.2) is 0 Å². The Morgan fingerprint density at radius 1 is 1.25 bits per heavy atom. The van der Waals surface area contributed by atoms with Crippen molar-refractivity contribution in [3.8, 4) is 0 Å². The first-order valence-corrected chi connectivity index (χ1v) is 6.23. The van der Waals surface area contributed by atoms with Crippen molar-refractivity contribution in [2.24, 2.45) is 29.1 Å². The van der Waals surface area contributed by atoms with Crippen molar-refractivity contribution in [2.45, 2.75) is 37.9 Å². The predicted octanol–water partition coefficient (Wildman–Crippen LogP) is 3.45. The Labute approximate surface area is 83.2 Å². The third-order valence-electron chi connectivity index (χ3n) is 5.07. The maximum atomic E-state index is 3.81. The first kappa shape index (κ1) is 7.84. The zero-order chi connectivity index (χ0) is 8.51. The van der Waals surface area contributed by atoms with Gasteiger partial charge in [-0.2, -0.15) is 0 Å². The van der Waals surface area contributed by atoms with Gasteiger partial charge in [0.05, 0.1) is 0 Å². The summed E-state index contributed by atoms with van der Waals surface area (Å²) in [6.07, 6.45) is 4.47. The summed E-state index contributed by atoms with van der Waals surface area (Å²) in [5.74, 6) is 4.26. The summed E-state index contributed by atoms with van der Waals surface area (Å²) in [5.41, 5.74) is 0.839. The number of rotatable bonds is 1. The van der Waals surface area contributed by atoms with Crippen molar-refractivity contribution >= 4 is 15.9 Å². The zero-order valence-electron chi connectivity index (χ0n) is 7.89. The normalized spacial score (nSPS) is 67.8. The molecule has 1 heteroatoms. The van der Waals surface area contributed by atoms with Crippen molar-refractivity contribution in [3.05, 3.63) is 0 Å². The molecule has 0 saturated heterocycles. The molecule has 3 saturated carbocycles. The summed E-state index contributed by atoms with van der Waals surface area (Å²) in [7, 11) is 0.